The molecular weight excluding hydrogens is 466 g/mol. The molecule has 0 heterocycles. The fraction of sp³-hybridized carbons (Fsp3) is 0.700. The molecular formula is C30H51N3O4. The standard InChI is InChI=1S/C30H51N3O4/c1-12-14-15-18-33(27(35)24(20(3)13-2)31-28(36)37-30(9,10)11)25(26(34)32-29(6,7)8)23-17-16-21(4)22(5)19-23/h16-17,19-20,24-25H,12-15,18H2,1-11H3,(H,31,36)(H,32,34). The lowest BCUT2D eigenvalue weighted by molar-refractivity contribution is -0.144. The van der Waals surface area contributed by atoms with Crippen molar-refractivity contribution < 1.29 is 19.1 Å². The number of rotatable bonds is 11. The summed E-state index contributed by atoms with van der Waals surface area (Å²) in [5.41, 5.74) is 1.76. The van der Waals surface area contributed by atoms with Crippen molar-refractivity contribution in [2.75, 3.05) is 6.54 Å². The van der Waals surface area contributed by atoms with Crippen LogP contribution in [-0.4, -0.2) is 46.5 Å². The Labute approximate surface area is 225 Å². The van der Waals surface area contributed by atoms with Crippen molar-refractivity contribution in [2.45, 2.75) is 125 Å². The van der Waals surface area contributed by atoms with E-state index >= 15 is 0 Å². The van der Waals surface area contributed by atoms with Gasteiger partial charge in [-0.15, -0.1) is 0 Å². The molecule has 0 aromatic heterocycles. The summed E-state index contributed by atoms with van der Waals surface area (Å²) in [4.78, 5) is 42.4. The lowest BCUT2D eigenvalue weighted by Crippen LogP contribution is -2.56. The summed E-state index contributed by atoms with van der Waals surface area (Å²) >= 11 is 0. The van der Waals surface area contributed by atoms with Crippen LogP contribution in [0.2, 0.25) is 0 Å². The van der Waals surface area contributed by atoms with Crippen LogP contribution in [0.4, 0.5) is 4.79 Å². The average molecular weight is 518 g/mol. The molecule has 0 saturated heterocycles. The Hall–Kier alpha value is -2.57. The van der Waals surface area contributed by atoms with Crippen LogP contribution in [0.25, 0.3) is 0 Å². The SMILES string of the molecule is CCCCCN(C(=O)C(NC(=O)OC(C)(C)C)C(C)CC)C(C(=O)NC(C)(C)C)c1ccc(C)c(C)c1. The van der Waals surface area contributed by atoms with E-state index in [-0.39, 0.29) is 17.7 Å². The van der Waals surface area contributed by atoms with Crippen molar-refractivity contribution >= 4 is 17.9 Å². The number of hydrogen-bond donors (Lipinski definition) is 2. The Balaban J connectivity index is 3.60. The summed E-state index contributed by atoms with van der Waals surface area (Å²) in [7, 11) is 0. The number of carbonyl (C=O) groups is 3. The van der Waals surface area contributed by atoms with Gasteiger partial charge in [0.1, 0.15) is 17.7 Å². The van der Waals surface area contributed by atoms with E-state index < -0.39 is 29.3 Å². The third kappa shape index (κ3) is 10.7. The second-order valence-corrected chi connectivity index (χ2v) is 12.2. The third-order valence-electron chi connectivity index (χ3n) is 6.34. The molecule has 7 heteroatoms. The van der Waals surface area contributed by atoms with Gasteiger partial charge in [-0.25, -0.2) is 4.79 Å². The van der Waals surface area contributed by atoms with Crippen LogP contribution in [0.1, 0.15) is 111 Å². The zero-order valence-electron chi connectivity index (χ0n) is 25.1. The molecule has 2 N–H and O–H groups in total. The molecule has 0 aliphatic rings. The fourth-order valence-corrected chi connectivity index (χ4v) is 4.04. The van der Waals surface area contributed by atoms with E-state index in [0.29, 0.717) is 13.0 Å². The molecule has 0 saturated carbocycles. The maximum absolute atomic E-state index is 14.3. The van der Waals surface area contributed by atoms with Crippen LogP contribution in [0.15, 0.2) is 18.2 Å². The zero-order chi connectivity index (χ0) is 28.6. The summed E-state index contributed by atoms with van der Waals surface area (Å²) in [5, 5.41) is 5.91. The quantitative estimate of drug-likeness (QED) is 0.341. The first kappa shape index (κ1) is 32.5. The zero-order valence-corrected chi connectivity index (χ0v) is 25.1. The number of ether oxygens (including phenoxy) is 1. The highest BCUT2D eigenvalue weighted by Crippen LogP contribution is 2.27. The molecule has 3 unspecified atom stereocenters. The minimum atomic E-state index is -0.824. The molecule has 0 spiro atoms. The van der Waals surface area contributed by atoms with Crippen LogP contribution in [0, 0.1) is 19.8 Å². The first-order valence-corrected chi connectivity index (χ1v) is 13.7. The molecule has 37 heavy (non-hydrogen) atoms. The molecule has 1 aromatic rings. The molecule has 0 aliphatic heterocycles. The van der Waals surface area contributed by atoms with Gasteiger partial charge < -0.3 is 20.3 Å². The van der Waals surface area contributed by atoms with Gasteiger partial charge in [0.25, 0.3) is 0 Å². The second kappa shape index (κ2) is 13.8. The highest BCUT2D eigenvalue weighted by Gasteiger charge is 2.38. The molecule has 0 aliphatic carbocycles. The molecule has 210 valence electrons. The molecule has 0 radical (unpaired) electrons. The number of nitrogens with zero attached hydrogens (tertiary/aromatic N) is 1. The van der Waals surface area contributed by atoms with E-state index in [1.165, 1.54) is 0 Å². The van der Waals surface area contributed by atoms with Crippen LogP contribution in [-0.2, 0) is 14.3 Å². The number of hydrogen-bond acceptors (Lipinski definition) is 4. The lowest BCUT2D eigenvalue weighted by atomic mass is 9.94. The first-order chi connectivity index (χ1) is 17.0. The van der Waals surface area contributed by atoms with Gasteiger partial charge >= 0.3 is 6.09 Å². The van der Waals surface area contributed by atoms with Gasteiger partial charge in [-0.1, -0.05) is 58.2 Å². The molecule has 1 aromatic carbocycles. The molecule has 7 nitrogen and oxygen atoms in total. The van der Waals surface area contributed by atoms with Crippen molar-refractivity contribution in [1.82, 2.24) is 15.5 Å². The molecule has 3 atom stereocenters. The van der Waals surface area contributed by atoms with Gasteiger partial charge in [-0.05, 0) is 84.4 Å². The van der Waals surface area contributed by atoms with E-state index in [0.717, 1.165) is 36.0 Å². The number of alkyl carbamates (subject to hydrolysis) is 1. The van der Waals surface area contributed by atoms with Gasteiger partial charge in [0.2, 0.25) is 11.8 Å². The Morgan fingerprint density at radius 2 is 1.59 bits per heavy atom. The average Bonchev–Trinajstić information content (AvgIpc) is 2.75. The Morgan fingerprint density at radius 1 is 0.973 bits per heavy atom. The molecule has 3 amide bonds. The summed E-state index contributed by atoms with van der Waals surface area (Å²) in [6, 6.07) is 4.26. The van der Waals surface area contributed by atoms with Crippen molar-refractivity contribution in [3.8, 4) is 0 Å². The van der Waals surface area contributed by atoms with Gasteiger partial charge in [0, 0.05) is 12.1 Å². The van der Waals surface area contributed by atoms with E-state index in [4.69, 9.17) is 4.74 Å². The summed E-state index contributed by atoms with van der Waals surface area (Å²) in [6.45, 7) is 21.6. The topological polar surface area (TPSA) is 87.7 Å². The lowest BCUT2D eigenvalue weighted by Gasteiger charge is -2.37. The van der Waals surface area contributed by atoms with Crippen molar-refractivity contribution in [3.63, 3.8) is 0 Å². The van der Waals surface area contributed by atoms with Crippen molar-refractivity contribution in [3.05, 3.63) is 34.9 Å². The highest BCUT2D eigenvalue weighted by atomic mass is 16.6. The van der Waals surface area contributed by atoms with Gasteiger partial charge in [0.15, 0.2) is 0 Å². The minimum Gasteiger partial charge on any atom is -0.444 e. The monoisotopic (exact) mass is 517 g/mol. The first-order valence-electron chi connectivity index (χ1n) is 13.7. The molecule has 1 rings (SSSR count). The van der Waals surface area contributed by atoms with E-state index in [1.807, 2.05) is 66.7 Å². The Kier molecular flexibility index (Phi) is 12.1. The fourth-order valence-electron chi connectivity index (χ4n) is 4.04. The number of aryl methyl sites for hydroxylation is 2. The predicted octanol–water partition coefficient (Wildman–Crippen LogP) is 6.22. The Bertz CT molecular complexity index is 914. The van der Waals surface area contributed by atoms with E-state index in [9.17, 15) is 14.4 Å². The maximum atomic E-state index is 14.3. The number of unbranched alkanes of at least 4 members (excludes halogenated alkanes) is 2. The van der Waals surface area contributed by atoms with Gasteiger partial charge in [-0.3, -0.25) is 9.59 Å². The second-order valence-electron chi connectivity index (χ2n) is 12.2. The van der Waals surface area contributed by atoms with Crippen LogP contribution in [0.3, 0.4) is 0 Å². The van der Waals surface area contributed by atoms with Gasteiger partial charge in [0.05, 0.1) is 0 Å². The normalized spacial score (nSPS) is 14.4. The van der Waals surface area contributed by atoms with E-state index in [2.05, 4.69) is 17.6 Å². The minimum absolute atomic E-state index is 0.153. The van der Waals surface area contributed by atoms with Crippen LogP contribution < -0.4 is 10.6 Å². The van der Waals surface area contributed by atoms with Crippen molar-refractivity contribution in [2.24, 2.45) is 5.92 Å². The third-order valence-corrected chi connectivity index (χ3v) is 6.34. The van der Waals surface area contributed by atoms with Gasteiger partial charge in [-0.2, -0.15) is 0 Å². The van der Waals surface area contributed by atoms with Crippen LogP contribution >= 0.6 is 0 Å². The molecule has 0 bridgehead atoms. The maximum Gasteiger partial charge on any atom is 0.408 e. The number of amides is 3. The van der Waals surface area contributed by atoms with Crippen molar-refractivity contribution in [1.29, 1.82) is 0 Å². The summed E-state index contributed by atoms with van der Waals surface area (Å²) in [5.74, 6) is -0.663. The van der Waals surface area contributed by atoms with Crippen LogP contribution in [0.5, 0.6) is 0 Å². The summed E-state index contributed by atoms with van der Waals surface area (Å²) < 4.78 is 5.48. The number of nitrogens with one attached hydrogen (secondary N) is 2. The smallest absolute Gasteiger partial charge is 0.408 e. The highest BCUT2D eigenvalue weighted by molar-refractivity contribution is 5.92. The number of benzene rings is 1. The number of carbonyl (C=O) groups excluding carboxylic acids is 3. The largest absolute Gasteiger partial charge is 0.444 e. The predicted molar refractivity (Wildman–Crippen MR) is 150 cm³/mol. The Morgan fingerprint density at radius 3 is 2.08 bits per heavy atom. The summed E-state index contributed by atoms with van der Waals surface area (Å²) in [6.07, 6.45) is 2.71. The molecule has 0 fully saturated rings. The van der Waals surface area contributed by atoms with E-state index in [1.54, 1.807) is 25.7 Å².